The van der Waals surface area contributed by atoms with Crippen molar-refractivity contribution in [1.82, 2.24) is 9.88 Å². The molecular weight excluding hydrogens is 242 g/mol. The summed E-state index contributed by atoms with van der Waals surface area (Å²) < 4.78 is 0. The van der Waals surface area contributed by atoms with Crippen LogP contribution < -0.4 is 5.32 Å². The van der Waals surface area contributed by atoms with Gasteiger partial charge in [-0.15, -0.1) is 0 Å². The van der Waals surface area contributed by atoms with Gasteiger partial charge in [0, 0.05) is 25.3 Å². The first-order valence-electron chi connectivity index (χ1n) is 6.80. The Kier molecular flexibility index (Phi) is 4.74. The molecule has 0 bridgehead atoms. The Balaban J connectivity index is 1.78. The molecule has 1 aliphatic rings. The van der Waals surface area contributed by atoms with E-state index < -0.39 is 5.97 Å². The van der Waals surface area contributed by atoms with Gasteiger partial charge in [0.05, 0.1) is 5.56 Å². The minimum absolute atomic E-state index is 0.265. The second kappa shape index (κ2) is 6.52. The second-order valence-corrected chi connectivity index (χ2v) is 5.08. The zero-order chi connectivity index (χ0) is 13.7. The number of nitrogens with zero attached hydrogens (tertiary/aromatic N) is 2. The molecule has 5 nitrogen and oxygen atoms in total. The SMILES string of the molecule is CN(CCNc1cc(C(=O)O)ccn1)C1CCCC1. The second-order valence-electron chi connectivity index (χ2n) is 5.08. The summed E-state index contributed by atoms with van der Waals surface area (Å²) in [7, 11) is 2.15. The van der Waals surface area contributed by atoms with Crippen molar-refractivity contribution in [1.29, 1.82) is 0 Å². The van der Waals surface area contributed by atoms with Crippen molar-refractivity contribution in [2.45, 2.75) is 31.7 Å². The fourth-order valence-corrected chi connectivity index (χ4v) is 2.55. The van der Waals surface area contributed by atoms with Crippen LogP contribution in [0.4, 0.5) is 5.82 Å². The van der Waals surface area contributed by atoms with Crippen LogP contribution in [-0.2, 0) is 0 Å². The van der Waals surface area contributed by atoms with Crippen LogP contribution in [0.15, 0.2) is 18.3 Å². The van der Waals surface area contributed by atoms with Gasteiger partial charge in [-0.2, -0.15) is 0 Å². The van der Waals surface area contributed by atoms with Gasteiger partial charge in [0.25, 0.3) is 0 Å². The summed E-state index contributed by atoms with van der Waals surface area (Å²) >= 11 is 0. The third-order valence-electron chi connectivity index (χ3n) is 3.73. The number of carboxylic acids is 1. The summed E-state index contributed by atoms with van der Waals surface area (Å²) in [5, 5.41) is 12.1. The van der Waals surface area contributed by atoms with E-state index in [1.54, 1.807) is 6.07 Å². The number of hydrogen-bond acceptors (Lipinski definition) is 4. The summed E-state index contributed by atoms with van der Waals surface area (Å²) in [6.07, 6.45) is 6.79. The highest BCUT2D eigenvalue weighted by atomic mass is 16.4. The van der Waals surface area contributed by atoms with E-state index in [0.29, 0.717) is 11.9 Å². The van der Waals surface area contributed by atoms with Crippen molar-refractivity contribution in [3.63, 3.8) is 0 Å². The molecular formula is C14H21N3O2. The molecule has 19 heavy (non-hydrogen) atoms. The molecule has 0 aliphatic heterocycles. The van der Waals surface area contributed by atoms with Crippen molar-refractivity contribution in [2.24, 2.45) is 0 Å². The lowest BCUT2D eigenvalue weighted by Crippen LogP contribution is -2.33. The molecule has 0 radical (unpaired) electrons. The Morgan fingerprint density at radius 3 is 2.95 bits per heavy atom. The van der Waals surface area contributed by atoms with E-state index in [4.69, 9.17) is 5.11 Å². The molecule has 104 valence electrons. The standard InChI is InChI=1S/C14H21N3O2/c1-17(12-4-2-3-5-12)9-8-16-13-10-11(14(18)19)6-7-15-13/h6-7,10,12H,2-5,8-9H2,1H3,(H,15,16)(H,18,19). The third-order valence-corrected chi connectivity index (χ3v) is 3.73. The van der Waals surface area contributed by atoms with Crippen LogP contribution in [0.2, 0.25) is 0 Å². The van der Waals surface area contributed by atoms with Crippen LogP contribution in [0, 0.1) is 0 Å². The van der Waals surface area contributed by atoms with E-state index in [9.17, 15) is 4.79 Å². The fourth-order valence-electron chi connectivity index (χ4n) is 2.55. The van der Waals surface area contributed by atoms with Gasteiger partial charge in [0.2, 0.25) is 0 Å². The first kappa shape index (κ1) is 13.8. The topological polar surface area (TPSA) is 65.5 Å². The van der Waals surface area contributed by atoms with Crippen LogP contribution in [0.25, 0.3) is 0 Å². The first-order chi connectivity index (χ1) is 9.16. The lowest BCUT2D eigenvalue weighted by atomic mass is 10.2. The minimum atomic E-state index is -0.923. The number of nitrogens with one attached hydrogen (secondary N) is 1. The van der Waals surface area contributed by atoms with E-state index in [-0.39, 0.29) is 5.56 Å². The number of carboxylic acid groups (broad SMARTS) is 1. The molecule has 0 saturated heterocycles. The summed E-state index contributed by atoms with van der Waals surface area (Å²) in [5.41, 5.74) is 0.265. The maximum atomic E-state index is 10.8. The normalized spacial score (nSPS) is 15.9. The van der Waals surface area contributed by atoms with Crippen LogP contribution in [-0.4, -0.2) is 47.1 Å². The molecule has 0 atom stereocenters. The molecule has 1 heterocycles. The number of aromatic nitrogens is 1. The molecule has 1 aromatic heterocycles. The Bertz CT molecular complexity index is 430. The summed E-state index contributed by atoms with van der Waals surface area (Å²) in [5.74, 6) is -0.298. The lowest BCUT2D eigenvalue weighted by Gasteiger charge is -2.24. The van der Waals surface area contributed by atoms with Crippen LogP contribution in [0.5, 0.6) is 0 Å². The Labute approximate surface area is 113 Å². The maximum absolute atomic E-state index is 10.8. The highest BCUT2D eigenvalue weighted by Gasteiger charge is 2.18. The van der Waals surface area contributed by atoms with Crippen molar-refractivity contribution in [3.8, 4) is 0 Å². The highest BCUT2D eigenvalue weighted by molar-refractivity contribution is 5.88. The third kappa shape index (κ3) is 3.92. The maximum Gasteiger partial charge on any atom is 0.335 e. The predicted octanol–water partition coefficient (Wildman–Crippen LogP) is 2.07. The molecule has 0 unspecified atom stereocenters. The molecule has 0 aromatic carbocycles. The average molecular weight is 263 g/mol. The Morgan fingerprint density at radius 1 is 1.53 bits per heavy atom. The molecule has 2 N–H and O–H groups in total. The molecule has 1 saturated carbocycles. The van der Waals surface area contributed by atoms with Gasteiger partial charge in [-0.1, -0.05) is 12.8 Å². The Hall–Kier alpha value is -1.62. The smallest absolute Gasteiger partial charge is 0.335 e. The highest BCUT2D eigenvalue weighted by Crippen LogP contribution is 2.21. The van der Waals surface area contributed by atoms with E-state index in [1.807, 2.05) is 0 Å². The molecule has 0 spiro atoms. The number of carbonyl (C=O) groups is 1. The van der Waals surface area contributed by atoms with Crippen molar-refractivity contribution in [2.75, 3.05) is 25.5 Å². The van der Waals surface area contributed by atoms with E-state index in [1.165, 1.54) is 37.9 Å². The zero-order valence-corrected chi connectivity index (χ0v) is 11.3. The summed E-state index contributed by atoms with van der Waals surface area (Å²) in [6, 6.07) is 3.77. The monoisotopic (exact) mass is 263 g/mol. The quantitative estimate of drug-likeness (QED) is 0.822. The van der Waals surface area contributed by atoms with E-state index in [2.05, 4.69) is 22.2 Å². The fraction of sp³-hybridized carbons (Fsp3) is 0.571. The van der Waals surface area contributed by atoms with Crippen molar-refractivity contribution < 1.29 is 9.90 Å². The average Bonchev–Trinajstić information content (AvgIpc) is 2.93. The molecule has 5 heteroatoms. The number of likely N-dealkylation sites (N-methyl/N-ethyl adjacent to an activating group) is 1. The lowest BCUT2D eigenvalue weighted by molar-refractivity contribution is 0.0697. The van der Waals surface area contributed by atoms with Gasteiger partial charge in [-0.05, 0) is 32.0 Å². The number of aromatic carboxylic acids is 1. The molecule has 2 rings (SSSR count). The predicted molar refractivity (Wildman–Crippen MR) is 74.6 cm³/mol. The van der Waals surface area contributed by atoms with Gasteiger partial charge >= 0.3 is 5.97 Å². The largest absolute Gasteiger partial charge is 0.478 e. The Morgan fingerprint density at radius 2 is 2.26 bits per heavy atom. The molecule has 1 aromatic rings. The molecule has 0 amide bonds. The van der Waals surface area contributed by atoms with Gasteiger partial charge in [-0.25, -0.2) is 9.78 Å². The van der Waals surface area contributed by atoms with Crippen LogP contribution >= 0.6 is 0 Å². The number of rotatable bonds is 6. The van der Waals surface area contributed by atoms with E-state index in [0.717, 1.165) is 13.1 Å². The zero-order valence-electron chi connectivity index (χ0n) is 11.3. The van der Waals surface area contributed by atoms with Crippen LogP contribution in [0.1, 0.15) is 36.0 Å². The van der Waals surface area contributed by atoms with E-state index >= 15 is 0 Å². The van der Waals surface area contributed by atoms with Gasteiger partial charge in [0.1, 0.15) is 5.82 Å². The summed E-state index contributed by atoms with van der Waals surface area (Å²) in [6.45, 7) is 1.73. The van der Waals surface area contributed by atoms with Crippen molar-refractivity contribution >= 4 is 11.8 Å². The van der Waals surface area contributed by atoms with Gasteiger partial charge in [-0.3, -0.25) is 0 Å². The van der Waals surface area contributed by atoms with Crippen molar-refractivity contribution in [3.05, 3.63) is 23.9 Å². The first-order valence-corrected chi connectivity index (χ1v) is 6.80. The number of pyridine rings is 1. The number of anilines is 1. The summed E-state index contributed by atoms with van der Waals surface area (Å²) in [4.78, 5) is 17.3. The van der Waals surface area contributed by atoms with Gasteiger partial charge in [0.15, 0.2) is 0 Å². The van der Waals surface area contributed by atoms with Gasteiger partial charge < -0.3 is 15.3 Å². The number of hydrogen-bond donors (Lipinski definition) is 2. The minimum Gasteiger partial charge on any atom is -0.478 e. The molecule has 1 fully saturated rings. The van der Waals surface area contributed by atoms with Crippen LogP contribution in [0.3, 0.4) is 0 Å². The molecule has 1 aliphatic carbocycles.